The van der Waals surface area contributed by atoms with Crippen LogP contribution in [-0.4, -0.2) is 39.2 Å². The molecule has 0 aliphatic carbocycles. The summed E-state index contributed by atoms with van der Waals surface area (Å²) in [4.78, 5) is 18.1. The van der Waals surface area contributed by atoms with Crippen LogP contribution in [0, 0.1) is 5.82 Å². The Morgan fingerprint density at radius 1 is 1.30 bits per heavy atom. The highest BCUT2D eigenvalue weighted by molar-refractivity contribution is 6.30. The van der Waals surface area contributed by atoms with Crippen LogP contribution in [0.3, 0.4) is 0 Å². The van der Waals surface area contributed by atoms with Gasteiger partial charge in [-0.2, -0.15) is 5.10 Å². The first-order chi connectivity index (χ1) is 12.9. The maximum Gasteiger partial charge on any atom is 0.238 e. The van der Waals surface area contributed by atoms with E-state index in [2.05, 4.69) is 15.4 Å². The molecule has 2 aromatic carbocycles. The molecular formula is C19H19ClFN5O. The van der Waals surface area contributed by atoms with Gasteiger partial charge in [0, 0.05) is 11.1 Å². The number of hydrogen-bond acceptors (Lipinski definition) is 4. The zero-order valence-corrected chi connectivity index (χ0v) is 15.7. The van der Waals surface area contributed by atoms with E-state index in [1.165, 1.54) is 24.5 Å². The van der Waals surface area contributed by atoms with Gasteiger partial charge in [0.2, 0.25) is 5.91 Å². The van der Waals surface area contributed by atoms with Crippen LogP contribution in [0.1, 0.15) is 18.5 Å². The number of aromatic nitrogens is 3. The van der Waals surface area contributed by atoms with Gasteiger partial charge in [-0.3, -0.25) is 9.69 Å². The van der Waals surface area contributed by atoms with Crippen molar-refractivity contribution in [2.24, 2.45) is 0 Å². The molecule has 0 radical (unpaired) electrons. The minimum Gasteiger partial charge on any atom is -0.322 e. The summed E-state index contributed by atoms with van der Waals surface area (Å²) in [5.74, 6) is -0.836. The van der Waals surface area contributed by atoms with Crippen LogP contribution < -0.4 is 5.32 Å². The third-order valence-corrected chi connectivity index (χ3v) is 4.55. The largest absolute Gasteiger partial charge is 0.322 e. The number of benzene rings is 2. The quantitative estimate of drug-likeness (QED) is 0.700. The molecule has 0 saturated carbocycles. The van der Waals surface area contributed by atoms with Gasteiger partial charge in [-0.05, 0) is 49.9 Å². The van der Waals surface area contributed by atoms with Gasteiger partial charge in [-0.1, -0.05) is 23.7 Å². The summed E-state index contributed by atoms with van der Waals surface area (Å²) >= 11 is 5.85. The van der Waals surface area contributed by atoms with Gasteiger partial charge < -0.3 is 5.32 Å². The summed E-state index contributed by atoms with van der Waals surface area (Å²) in [6.07, 6.45) is 3.11. The highest BCUT2D eigenvalue weighted by Crippen LogP contribution is 2.22. The molecule has 0 saturated heterocycles. The van der Waals surface area contributed by atoms with Crippen molar-refractivity contribution in [3.63, 3.8) is 0 Å². The molecule has 1 heterocycles. The average molecular weight is 388 g/mol. The van der Waals surface area contributed by atoms with E-state index < -0.39 is 5.82 Å². The first-order valence-electron chi connectivity index (χ1n) is 8.34. The smallest absolute Gasteiger partial charge is 0.238 e. The summed E-state index contributed by atoms with van der Waals surface area (Å²) in [5, 5.41) is 7.01. The standard InChI is InChI=1S/C19H19ClFN5O/c1-13(14-3-6-16(7-4-14)26-12-22-11-23-26)25(2)10-19(27)24-18-9-15(20)5-8-17(18)21/h3-9,11-13H,10H2,1-2H3,(H,24,27). The van der Waals surface area contributed by atoms with E-state index in [9.17, 15) is 9.18 Å². The van der Waals surface area contributed by atoms with Gasteiger partial charge in [-0.15, -0.1) is 0 Å². The molecule has 6 nitrogen and oxygen atoms in total. The van der Waals surface area contributed by atoms with Crippen molar-refractivity contribution >= 4 is 23.2 Å². The number of likely N-dealkylation sites (N-methyl/N-ethyl adjacent to an activating group) is 1. The lowest BCUT2D eigenvalue weighted by Gasteiger charge is -2.24. The van der Waals surface area contributed by atoms with Crippen LogP contribution in [-0.2, 0) is 4.79 Å². The zero-order valence-electron chi connectivity index (χ0n) is 14.9. The average Bonchev–Trinajstić information content (AvgIpc) is 3.19. The summed E-state index contributed by atoms with van der Waals surface area (Å²) in [6.45, 7) is 2.11. The van der Waals surface area contributed by atoms with E-state index in [4.69, 9.17) is 11.6 Å². The molecule has 1 aromatic heterocycles. The normalized spacial score (nSPS) is 12.2. The number of nitrogens with one attached hydrogen (secondary N) is 1. The molecule has 1 N–H and O–H groups in total. The monoisotopic (exact) mass is 387 g/mol. The Bertz CT molecular complexity index is 914. The fourth-order valence-corrected chi connectivity index (χ4v) is 2.82. The van der Waals surface area contributed by atoms with Crippen molar-refractivity contribution in [3.8, 4) is 5.69 Å². The van der Waals surface area contributed by atoms with Crippen LogP contribution in [0.25, 0.3) is 5.69 Å². The minimum atomic E-state index is -0.521. The fourth-order valence-electron chi connectivity index (χ4n) is 2.65. The lowest BCUT2D eigenvalue weighted by Crippen LogP contribution is -2.32. The summed E-state index contributed by atoms with van der Waals surface area (Å²) in [6, 6.07) is 11.9. The fraction of sp³-hybridized carbons (Fsp3) is 0.211. The number of carbonyl (C=O) groups excluding carboxylic acids is 1. The Labute approximate surface area is 161 Å². The predicted molar refractivity (Wildman–Crippen MR) is 102 cm³/mol. The molecule has 3 aromatic rings. The van der Waals surface area contributed by atoms with Gasteiger partial charge in [0.25, 0.3) is 0 Å². The van der Waals surface area contributed by atoms with Gasteiger partial charge in [0.15, 0.2) is 0 Å². The van der Waals surface area contributed by atoms with E-state index in [1.807, 2.05) is 43.1 Å². The molecule has 0 aliphatic rings. The van der Waals surface area contributed by atoms with Crippen LogP contribution in [0.5, 0.6) is 0 Å². The van der Waals surface area contributed by atoms with E-state index in [0.717, 1.165) is 11.3 Å². The van der Waals surface area contributed by atoms with Crippen molar-refractivity contribution in [2.45, 2.75) is 13.0 Å². The first-order valence-corrected chi connectivity index (χ1v) is 8.72. The van der Waals surface area contributed by atoms with Crippen molar-refractivity contribution in [3.05, 3.63) is 71.5 Å². The number of nitrogens with zero attached hydrogens (tertiary/aromatic N) is 4. The zero-order chi connectivity index (χ0) is 19.4. The van der Waals surface area contributed by atoms with Crippen molar-refractivity contribution in [2.75, 3.05) is 18.9 Å². The van der Waals surface area contributed by atoms with Crippen LogP contribution in [0.4, 0.5) is 10.1 Å². The predicted octanol–water partition coefficient (Wildman–Crippen LogP) is 3.69. The Balaban J connectivity index is 1.62. The Hall–Kier alpha value is -2.77. The highest BCUT2D eigenvalue weighted by atomic mass is 35.5. The number of rotatable bonds is 6. The van der Waals surface area contributed by atoms with Crippen LogP contribution in [0.2, 0.25) is 5.02 Å². The van der Waals surface area contributed by atoms with Gasteiger partial charge in [-0.25, -0.2) is 14.1 Å². The topological polar surface area (TPSA) is 63.1 Å². The first kappa shape index (κ1) is 19.0. The Kier molecular flexibility index (Phi) is 5.83. The molecule has 1 unspecified atom stereocenters. The summed E-state index contributed by atoms with van der Waals surface area (Å²) in [7, 11) is 1.84. The van der Waals surface area contributed by atoms with Crippen molar-refractivity contribution in [1.29, 1.82) is 0 Å². The molecular weight excluding hydrogens is 369 g/mol. The maximum atomic E-state index is 13.7. The number of amides is 1. The van der Waals surface area contributed by atoms with Crippen molar-refractivity contribution in [1.82, 2.24) is 19.7 Å². The van der Waals surface area contributed by atoms with Crippen LogP contribution >= 0.6 is 11.6 Å². The maximum absolute atomic E-state index is 13.7. The summed E-state index contributed by atoms with van der Waals surface area (Å²) < 4.78 is 15.4. The summed E-state index contributed by atoms with van der Waals surface area (Å²) in [5.41, 5.74) is 2.02. The molecule has 0 bridgehead atoms. The lowest BCUT2D eigenvalue weighted by atomic mass is 10.1. The molecule has 0 fully saturated rings. The lowest BCUT2D eigenvalue weighted by molar-refractivity contribution is -0.117. The van der Waals surface area contributed by atoms with Gasteiger partial charge in [0.05, 0.1) is 17.9 Å². The second kappa shape index (κ2) is 8.28. The van der Waals surface area contributed by atoms with E-state index >= 15 is 0 Å². The second-order valence-electron chi connectivity index (χ2n) is 6.20. The third-order valence-electron chi connectivity index (χ3n) is 4.32. The Morgan fingerprint density at radius 2 is 2.04 bits per heavy atom. The SMILES string of the molecule is CC(c1ccc(-n2cncn2)cc1)N(C)CC(=O)Nc1cc(Cl)ccc1F. The minimum absolute atomic E-state index is 0.00949. The molecule has 1 atom stereocenters. The van der Waals surface area contributed by atoms with E-state index in [1.54, 1.807) is 11.0 Å². The number of carbonyl (C=O) groups is 1. The molecule has 140 valence electrons. The van der Waals surface area contributed by atoms with Gasteiger partial charge >= 0.3 is 0 Å². The Morgan fingerprint density at radius 3 is 2.70 bits per heavy atom. The third kappa shape index (κ3) is 4.69. The molecule has 0 aliphatic heterocycles. The molecule has 3 rings (SSSR count). The molecule has 8 heteroatoms. The number of hydrogen-bond donors (Lipinski definition) is 1. The highest BCUT2D eigenvalue weighted by Gasteiger charge is 2.16. The van der Waals surface area contributed by atoms with Gasteiger partial charge in [0.1, 0.15) is 18.5 Å². The molecule has 0 spiro atoms. The van der Waals surface area contributed by atoms with E-state index in [0.29, 0.717) is 5.02 Å². The molecule has 27 heavy (non-hydrogen) atoms. The number of anilines is 1. The second-order valence-corrected chi connectivity index (χ2v) is 6.63. The number of halogens is 2. The van der Waals surface area contributed by atoms with E-state index in [-0.39, 0.29) is 24.2 Å². The molecule has 1 amide bonds. The van der Waals surface area contributed by atoms with Crippen molar-refractivity contribution < 1.29 is 9.18 Å². The van der Waals surface area contributed by atoms with Crippen LogP contribution in [0.15, 0.2) is 55.1 Å².